The molecule has 10 aromatic rings. The average Bonchev–Trinajstić information content (AvgIpc) is 4.00. The second-order valence-corrected chi connectivity index (χ2v) is 18.7. The summed E-state index contributed by atoms with van der Waals surface area (Å²) in [5.74, 6) is 0.203. The highest BCUT2D eigenvalue weighted by Gasteiger charge is 2.44. The molecule has 0 saturated carbocycles. The molecule has 3 aliphatic rings. The van der Waals surface area contributed by atoms with Crippen LogP contribution in [0, 0.1) is 0 Å². The van der Waals surface area contributed by atoms with Crippen molar-refractivity contribution in [3.8, 4) is 22.5 Å². The van der Waals surface area contributed by atoms with Crippen LogP contribution in [-0.2, 0) is 4.57 Å². The molecular weight excluding hydrogens is 738 g/mol. The minimum atomic E-state index is -3.32. The molecule has 4 nitrogen and oxygen atoms in total. The zero-order valence-corrected chi connectivity index (χ0v) is 32.9. The maximum atomic E-state index is 16.5. The number of nitrogens with zero attached hydrogens (tertiary/aromatic N) is 3. The lowest BCUT2D eigenvalue weighted by Gasteiger charge is -2.25. The Morgan fingerprint density at radius 3 is 1.78 bits per heavy atom. The van der Waals surface area contributed by atoms with Gasteiger partial charge in [0.1, 0.15) is 0 Å². The topological polar surface area (TPSA) is 30.2 Å². The van der Waals surface area contributed by atoms with E-state index in [2.05, 4.69) is 208 Å². The van der Waals surface area contributed by atoms with E-state index in [1.807, 2.05) is 6.07 Å². The largest absolute Gasteiger partial charge is 0.313 e. The second-order valence-electron chi connectivity index (χ2n) is 16.0. The van der Waals surface area contributed by atoms with Gasteiger partial charge in [-0.2, -0.15) is 0 Å². The third-order valence-electron chi connectivity index (χ3n) is 13.0. The molecule has 2 aromatic heterocycles. The maximum Gasteiger partial charge on any atom is 0.172 e. The van der Waals surface area contributed by atoms with Crippen LogP contribution in [0.4, 0.5) is 11.4 Å². The van der Waals surface area contributed by atoms with E-state index in [0.717, 1.165) is 78.0 Å². The quantitative estimate of drug-likeness (QED) is 0.167. The number of hydrogen-bond acceptors (Lipinski definition) is 2. The van der Waals surface area contributed by atoms with Crippen LogP contribution in [-0.4, -0.2) is 9.13 Å². The number of benzene rings is 8. The minimum absolute atomic E-state index is 0.203. The Labute approximate surface area is 341 Å². The van der Waals surface area contributed by atoms with E-state index in [9.17, 15) is 0 Å². The summed E-state index contributed by atoms with van der Waals surface area (Å²) >= 11 is 0. The van der Waals surface area contributed by atoms with Crippen molar-refractivity contribution in [2.24, 2.45) is 0 Å². The molecule has 0 saturated heterocycles. The van der Waals surface area contributed by atoms with Gasteiger partial charge in [-0.1, -0.05) is 109 Å². The zero-order chi connectivity index (χ0) is 38.8. The SMILES string of the molecule is O=P1(c2ccc3c(c2)c2ccccc2n3-c2ccccc2)c2ccccc2-c2cc3c(cc21)N(c1ccc2c(c1)c1ccccc1n2-c1ccccc1)C1=CC=CCC13. The van der Waals surface area contributed by atoms with Crippen molar-refractivity contribution in [1.29, 1.82) is 0 Å². The van der Waals surface area contributed by atoms with Crippen molar-refractivity contribution < 1.29 is 4.57 Å². The molecule has 5 heteroatoms. The fourth-order valence-corrected chi connectivity index (χ4v) is 13.5. The summed E-state index contributed by atoms with van der Waals surface area (Å²) < 4.78 is 21.2. The van der Waals surface area contributed by atoms with Crippen molar-refractivity contribution in [3.05, 3.63) is 211 Å². The van der Waals surface area contributed by atoms with E-state index >= 15 is 4.57 Å². The van der Waals surface area contributed by atoms with Crippen LogP contribution in [0.15, 0.2) is 206 Å². The number of fused-ring (bicyclic) bond motifs is 12. The summed E-state index contributed by atoms with van der Waals surface area (Å²) in [5, 5.41) is 7.40. The molecule has 2 aliphatic heterocycles. The number of allylic oxidation sites excluding steroid dienone is 4. The van der Waals surface area contributed by atoms with Crippen molar-refractivity contribution in [2.45, 2.75) is 12.3 Å². The van der Waals surface area contributed by atoms with Crippen molar-refractivity contribution >= 4 is 78.0 Å². The fourth-order valence-electron chi connectivity index (χ4n) is 10.5. The standard InChI is InChI=1S/C54H36N3OP/c58-59(38-28-30-51-44(32-38)40-20-8-12-24-48(40)56(51)36-17-5-2-6-18-36)53-26-14-10-22-42(53)46-33-45-41-21-9-13-25-49(41)57(52(45)34-54(46)59)37-27-29-50-43(31-37)39-19-7-11-23-47(39)55(50)35-15-3-1-4-16-35/h1-20,22-34,41H,21H2. The number of rotatable bonds is 4. The predicted octanol–water partition coefficient (Wildman–Crippen LogP) is 12.6. The first kappa shape index (κ1) is 32.9. The van der Waals surface area contributed by atoms with E-state index in [1.54, 1.807) is 0 Å². The minimum Gasteiger partial charge on any atom is -0.313 e. The highest BCUT2D eigenvalue weighted by Crippen LogP contribution is 2.58. The number of anilines is 2. The molecule has 13 rings (SSSR count). The van der Waals surface area contributed by atoms with Crippen molar-refractivity contribution in [1.82, 2.24) is 9.13 Å². The van der Waals surface area contributed by atoms with Crippen molar-refractivity contribution in [2.75, 3.05) is 4.90 Å². The fraction of sp³-hybridized carbons (Fsp3) is 0.0370. The summed E-state index contributed by atoms with van der Waals surface area (Å²) in [6, 6.07) is 64.9. The molecule has 0 fully saturated rings. The summed E-state index contributed by atoms with van der Waals surface area (Å²) in [4.78, 5) is 2.45. The van der Waals surface area contributed by atoms with Gasteiger partial charge in [-0.25, -0.2) is 0 Å². The molecule has 0 amide bonds. The van der Waals surface area contributed by atoms with Gasteiger partial charge in [0.2, 0.25) is 0 Å². The first-order valence-electron chi connectivity index (χ1n) is 20.4. The summed E-state index contributed by atoms with van der Waals surface area (Å²) in [5.41, 5.74) is 13.8. The first-order chi connectivity index (χ1) is 29.2. The van der Waals surface area contributed by atoms with Gasteiger partial charge in [-0.05, 0) is 114 Å². The first-order valence-corrected chi connectivity index (χ1v) is 22.1. The molecule has 0 spiro atoms. The summed E-state index contributed by atoms with van der Waals surface area (Å²) in [6.45, 7) is 0. The van der Waals surface area contributed by atoms with E-state index in [4.69, 9.17) is 0 Å². The van der Waals surface area contributed by atoms with E-state index in [-0.39, 0.29) is 5.92 Å². The molecule has 0 N–H and O–H groups in total. The van der Waals surface area contributed by atoms with Gasteiger partial charge in [-0.3, -0.25) is 0 Å². The zero-order valence-electron chi connectivity index (χ0n) is 32.0. The Morgan fingerprint density at radius 1 is 0.475 bits per heavy atom. The third-order valence-corrected chi connectivity index (χ3v) is 16.1. The monoisotopic (exact) mass is 773 g/mol. The molecule has 2 unspecified atom stereocenters. The molecule has 0 bridgehead atoms. The lowest BCUT2D eigenvalue weighted by Crippen LogP contribution is -2.22. The van der Waals surface area contributed by atoms with Gasteiger partial charge in [0.05, 0.1) is 27.8 Å². The van der Waals surface area contributed by atoms with Crippen LogP contribution in [0.3, 0.4) is 0 Å². The van der Waals surface area contributed by atoms with Gasteiger partial charge >= 0.3 is 0 Å². The van der Waals surface area contributed by atoms with Gasteiger partial charge in [0, 0.05) is 66.1 Å². The van der Waals surface area contributed by atoms with Crippen LogP contribution < -0.4 is 20.8 Å². The highest BCUT2D eigenvalue weighted by molar-refractivity contribution is 7.86. The van der Waals surface area contributed by atoms with Crippen molar-refractivity contribution in [3.63, 3.8) is 0 Å². The second kappa shape index (κ2) is 12.2. The molecule has 4 heterocycles. The number of hydrogen-bond donors (Lipinski definition) is 0. The van der Waals surface area contributed by atoms with E-state index in [0.29, 0.717) is 0 Å². The normalized spacial score (nSPS) is 17.7. The van der Waals surface area contributed by atoms with Gasteiger partial charge in [0.25, 0.3) is 0 Å². The molecule has 1 aliphatic carbocycles. The third kappa shape index (κ3) is 4.47. The van der Waals surface area contributed by atoms with Gasteiger partial charge in [-0.15, -0.1) is 0 Å². The molecule has 8 aromatic carbocycles. The Hall–Kier alpha value is -7.13. The number of aromatic nitrogens is 2. The summed E-state index contributed by atoms with van der Waals surface area (Å²) in [7, 11) is -3.32. The summed E-state index contributed by atoms with van der Waals surface area (Å²) in [6.07, 6.45) is 7.68. The highest BCUT2D eigenvalue weighted by atomic mass is 31.2. The Morgan fingerprint density at radius 2 is 1.07 bits per heavy atom. The molecule has 278 valence electrons. The number of para-hydroxylation sites is 4. The average molecular weight is 774 g/mol. The Kier molecular flexibility index (Phi) is 6.80. The smallest absolute Gasteiger partial charge is 0.172 e. The van der Waals surface area contributed by atoms with E-state index < -0.39 is 7.14 Å². The molecular formula is C54H36N3OP. The van der Waals surface area contributed by atoms with Gasteiger partial charge in [0.15, 0.2) is 7.14 Å². The van der Waals surface area contributed by atoms with Gasteiger partial charge < -0.3 is 18.6 Å². The lowest BCUT2D eigenvalue weighted by atomic mass is 9.90. The Balaban J connectivity index is 1.03. The van der Waals surface area contributed by atoms with Crippen LogP contribution in [0.25, 0.3) is 66.1 Å². The van der Waals surface area contributed by atoms with Crippen LogP contribution in [0.2, 0.25) is 0 Å². The van der Waals surface area contributed by atoms with E-state index in [1.165, 1.54) is 33.1 Å². The molecule has 0 radical (unpaired) electrons. The predicted molar refractivity (Wildman–Crippen MR) is 247 cm³/mol. The molecule has 59 heavy (non-hydrogen) atoms. The lowest BCUT2D eigenvalue weighted by molar-refractivity contribution is 0.593. The Bertz CT molecular complexity index is 3520. The maximum absolute atomic E-state index is 16.5. The van der Waals surface area contributed by atoms with Crippen LogP contribution >= 0.6 is 7.14 Å². The van der Waals surface area contributed by atoms with Crippen LogP contribution in [0.1, 0.15) is 17.9 Å². The van der Waals surface area contributed by atoms with Crippen LogP contribution in [0.5, 0.6) is 0 Å². The molecule has 2 atom stereocenters.